The van der Waals surface area contributed by atoms with Crippen molar-refractivity contribution < 1.29 is 14.3 Å². The third kappa shape index (κ3) is 4.59. The number of methoxy groups -OCH3 is 1. The molecule has 0 unspecified atom stereocenters. The fourth-order valence-corrected chi connectivity index (χ4v) is 5.18. The summed E-state index contributed by atoms with van der Waals surface area (Å²) in [4.78, 5) is 27.6. The number of primary amides is 1. The number of rotatable bonds is 8. The molecule has 0 atom stereocenters. The number of thiazole rings is 2. The molecule has 3 aromatic heterocycles. The minimum atomic E-state index is -0.428. The summed E-state index contributed by atoms with van der Waals surface area (Å²) in [6.07, 6.45) is 7.51. The van der Waals surface area contributed by atoms with Crippen LogP contribution in [0.25, 0.3) is 21.1 Å². The summed E-state index contributed by atoms with van der Waals surface area (Å²) in [5.41, 5.74) is 12.4. The number of amides is 1. The zero-order valence-electron chi connectivity index (χ0n) is 16.7. The molecule has 3 heterocycles. The van der Waals surface area contributed by atoms with Gasteiger partial charge in [-0.25, -0.2) is 4.98 Å². The molecule has 0 aromatic carbocycles. The van der Waals surface area contributed by atoms with E-state index >= 15 is 0 Å². The van der Waals surface area contributed by atoms with Crippen LogP contribution in [0.15, 0.2) is 29.5 Å². The molecule has 1 aliphatic rings. The lowest BCUT2D eigenvalue weighted by molar-refractivity contribution is -0.00281. The number of ether oxygens (including phenoxy) is 2. The minimum Gasteiger partial charge on any atom is -0.382 e. The zero-order chi connectivity index (χ0) is 20.9. The summed E-state index contributed by atoms with van der Waals surface area (Å²) < 4.78 is 11.0. The van der Waals surface area contributed by atoms with Crippen molar-refractivity contribution in [2.75, 3.05) is 20.3 Å². The fourth-order valence-electron chi connectivity index (χ4n) is 3.98. The summed E-state index contributed by atoms with van der Waals surface area (Å²) in [6.45, 7) is 1.21. The number of carbonyl (C=O) groups excluding carboxylic acids is 1. The highest BCUT2D eigenvalue weighted by atomic mass is 32.1. The van der Waals surface area contributed by atoms with Gasteiger partial charge in [-0.1, -0.05) is 0 Å². The van der Waals surface area contributed by atoms with Crippen LogP contribution in [0, 0.1) is 0 Å². The molecule has 1 amide bonds. The maximum atomic E-state index is 12.5. The number of carbonyl (C=O) groups is 1. The number of aromatic nitrogens is 3. The van der Waals surface area contributed by atoms with E-state index in [0.717, 1.165) is 52.4 Å². The lowest BCUT2D eigenvalue weighted by Crippen LogP contribution is -2.25. The Hall–Kier alpha value is -2.20. The van der Waals surface area contributed by atoms with Gasteiger partial charge >= 0.3 is 0 Å². The quantitative estimate of drug-likeness (QED) is 0.525. The molecular weight excluding hydrogens is 420 g/mol. The first-order valence-corrected chi connectivity index (χ1v) is 11.7. The molecule has 1 saturated carbocycles. The molecule has 3 aromatic rings. The van der Waals surface area contributed by atoms with Gasteiger partial charge in [0.15, 0.2) is 0 Å². The number of nitrogens with zero attached hydrogens (tertiary/aromatic N) is 3. The first-order valence-electron chi connectivity index (χ1n) is 9.90. The second kappa shape index (κ2) is 9.74. The van der Waals surface area contributed by atoms with Crippen molar-refractivity contribution in [1.29, 1.82) is 0 Å². The van der Waals surface area contributed by atoms with Crippen LogP contribution in [0.3, 0.4) is 0 Å². The van der Waals surface area contributed by atoms with Gasteiger partial charge in [0.1, 0.15) is 0 Å². The maximum absolute atomic E-state index is 12.5. The van der Waals surface area contributed by atoms with Crippen LogP contribution in [-0.2, 0) is 9.47 Å². The Labute approximate surface area is 183 Å². The minimum absolute atomic E-state index is 0.204. The van der Waals surface area contributed by atoms with Gasteiger partial charge in [-0.15, -0.1) is 22.7 Å². The van der Waals surface area contributed by atoms with E-state index in [0.29, 0.717) is 18.8 Å². The van der Waals surface area contributed by atoms with Crippen LogP contribution < -0.4 is 5.73 Å². The zero-order valence-corrected chi connectivity index (χ0v) is 18.4. The van der Waals surface area contributed by atoms with E-state index < -0.39 is 5.91 Å². The van der Waals surface area contributed by atoms with Crippen LogP contribution >= 0.6 is 22.7 Å². The van der Waals surface area contributed by atoms with Crippen LogP contribution in [0.5, 0.6) is 0 Å². The smallest absolute Gasteiger partial charge is 0.249 e. The SMILES string of the molecule is COCCOC1CCC(c2c(C(N)=O)cc(-c3cncs3)nc2-c2cncs2)CC1. The number of hydrogen-bond donors (Lipinski definition) is 1. The molecule has 158 valence electrons. The molecule has 0 aliphatic heterocycles. The van der Waals surface area contributed by atoms with Crippen LogP contribution in [0.1, 0.15) is 47.5 Å². The van der Waals surface area contributed by atoms with Gasteiger partial charge in [0.2, 0.25) is 5.91 Å². The third-order valence-electron chi connectivity index (χ3n) is 5.40. The molecule has 1 aliphatic carbocycles. The maximum Gasteiger partial charge on any atom is 0.249 e. The predicted molar refractivity (Wildman–Crippen MR) is 118 cm³/mol. The van der Waals surface area contributed by atoms with E-state index in [4.69, 9.17) is 20.2 Å². The van der Waals surface area contributed by atoms with Gasteiger partial charge in [-0.05, 0) is 43.2 Å². The van der Waals surface area contributed by atoms with Gasteiger partial charge in [-0.3, -0.25) is 14.8 Å². The Morgan fingerprint density at radius 3 is 2.40 bits per heavy atom. The second-order valence-electron chi connectivity index (χ2n) is 7.25. The molecule has 0 bridgehead atoms. The number of hydrogen-bond acceptors (Lipinski definition) is 8. The van der Waals surface area contributed by atoms with Crippen molar-refractivity contribution in [3.05, 3.63) is 40.6 Å². The highest BCUT2D eigenvalue weighted by Gasteiger charge is 2.30. The van der Waals surface area contributed by atoms with Crippen molar-refractivity contribution in [3.63, 3.8) is 0 Å². The first-order chi connectivity index (χ1) is 14.7. The van der Waals surface area contributed by atoms with Crippen molar-refractivity contribution in [3.8, 4) is 21.1 Å². The molecule has 0 spiro atoms. The largest absolute Gasteiger partial charge is 0.382 e. The Kier molecular flexibility index (Phi) is 6.83. The molecular formula is C21H24N4O3S2. The van der Waals surface area contributed by atoms with Gasteiger partial charge < -0.3 is 15.2 Å². The molecule has 0 radical (unpaired) electrons. The van der Waals surface area contributed by atoms with E-state index in [2.05, 4.69) is 9.97 Å². The molecule has 30 heavy (non-hydrogen) atoms. The Morgan fingerprint density at radius 2 is 1.80 bits per heavy atom. The summed E-state index contributed by atoms with van der Waals surface area (Å²) in [7, 11) is 1.68. The summed E-state index contributed by atoms with van der Waals surface area (Å²) >= 11 is 3.01. The molecule has 9 heteroatoms. The lowest BCUT2D eigenvalue weighted by atomic mass is 9.79. The fraction of sp³-hybridized carbons (Fsp3) is 0.429. The average molecular weight is 445 g/mol. The van der Waals surface area contributed by atoms with Gasteiger partial charge in [0.05, 0.1) is 51.5 Å². The molecule has 2 N–H and O–H groups in total. The summed E-state index contributed by atoms with van der Waals surface area (Å²) in [6, 6.07) is 1.82. The number of nitrogens with two attached hydrogens (primary N) is 1. The highest BCUT2D eigenvalue weighted by Crippen LogP contribution is 2.42. The van der Waals surface area contributed by atoms with E-state index in [1.807, 2.05) is 6.07 Å². The molecule has 1 fully saturated rings. The molecule has 0 saturated heterocycles. The van der Waals surface area contributed by atoms with Crippen molar-refractivity contribution in [2.45, 2.75) is 37.7 Å². The van der Waals surface area contributed by atoms with Crippen molar-refractivity contribution in [1.82, 2.24) is 15.0 Å². The van der Waals surface area contributed by atoms with Crippen molar-refractivity contribution in [2.24, 2.45) is 5.73 Å². The summed E-state index contributed by atoms with van der Waals surface area (Å²) in [5, 5.41) is 0. The molecule has 4 rings (SSSR count). The van der Waals surface area contributed by atoms with E-state index in [-0.39, 0.29) is 12.0 Å². The Bertz CT molecular complexity index is 969. The molecule has 7 nitrogen and oxygen atoms in total. The standard InChI is InChI=1S/C21H24N4O3S2/c1-27-6-7-28-14-4-2-13(3-5-14)19-15(21(22)26)8-16(17-9-23-11-29-17)25-20(19)18-10-24-12-30-18/h8-14H,2-7H2,1H3,(H2,22,26). The first kappa shape index (κ1) is 21.0. The van der Waals surface area contributed by atoms with E-state index in [9.17, 15) is 4.79 Å². The average Bonchev–Trinajstić information content (AvgIpc) is 3.48. The third-order valence-corrected chi connectivity index (χ3v) is 6.97. The van der Waals surface area contributed by atoms with Gasteiger partial charge in [0.25, 0.3) is 0 Å². The van der Waals surface area contributed by atoms with Gasteiger partial charge in [-0.2, -0.15) is 0 Å². The van der Waals surface area contributed by atoms with Crippen molar-refractivity contribution >= 4 is 28.6 Å². The number of pyridine rings is 1. The van der Waals surface area contributed by atoms with Crippen LogP contribution in [0.4, 0.5) is 0 Å². The lowest BCUT2D eigenvalue weighted by Gasteiger charge is -2.30. The van der Waals surface area contributed by atoms with E-state index in [1.54, 1.807) is 30.5 Å². The van der Waals surface area contributed by atoms with E-state index in [1.165, 1.54) is 22.7 Å². The summed E-state index contributed by atoms with van der Waals surface area (Å²) in [5.74, 6) is -0.225. The highest BCUT2D eigenvalue weighted by molar-refractivity contribution is 7.13. The second-order valence-corrected chi connectivity index (χ2v) is 9.02. The van der Waals surface area contributed by atoms with Crippen LogP contribution in [-0.4, -0.2) is 47.3 Å². The van der Waals surface area contributed by atoms with Crippen LogP contribution in [0.2, 0.25) is 0 Å². The topological polar surface area (TPSA) is 100 Å². The monoisotopic (exact) mass is 444 g/mol. The predicted octanol–water partition coefficient (Wildman–Crippen LogP) is 4.12. The normalized spacial score (nSPS) is 19.1. The Morgan fingerprint density at radius 1 is 1.10 bits per heavy atom. The Balaban J connectivity index is 1.69. The van der Waals surface area contributed by atoms with Gasteiger partial charge in [0, 0.05) is 25.1 Å².